The Morgan fingerprint density at radius 1 is 1.12 bits per heavy atom. The van der Waals surface area contributed by atoms with Gasteiger partial charge in [0.05, 0.1) is 18.6 Å². The largest absolute Gasteiger partial charge is 0.486 e. The monoisotopic (exact) mass is 490 g/mol. The number of ether oxygens (including phenoxy) is 1. The van der Waals surface area contributed by atoms with Gasteiger partial charge >= 0.3 is 0 Å². The topological polar surface area (TPSA) is 82.2 Å². The van der Waals surface area contributed by atoms with Crippen LogP contribution in [0.4, 0.5) is 14.5 Å². The van der Waals surface area contributed by atoms with Crippen molar-refractivity contribution in [1.82, 2.24) is 14.8 Å². The van der Waals surface area contributed by atoms with E-state index in [0.717, 1.165) is 23.9 Å². The molecule has 0 fully saturated rings. The van der Waals surface area contributed by atoms with Gasteiger partial charge in [-0.25, -0.2) is 8.78 Å². The predicted octanol–water partition coefficient (Wildman–Crippen LogP) is 5.16. The first-order valence-electron chi connectivity index (χ1n) is 9.68. The fourth-order valence-electron chi connectivity index (χ4n) is 2.83. The van der Waals surface area contributed by atoms with Gasteiger partial charge in [-0.15, -0.1) is 10.2 Å². The highest BCUT2D eigenvalue weighted by Gasteiger charge is 2.17. The predicted molar refractivity (Wildman–Crippen MR) is 119 cm³/mol. The second-order valence-corrected chi connectivity index (χ2v) is 8.15. The van der Waals surface area contributed by atoms with Gasteiger partial charge in [0.1, 0.15) is 18.1 Å². The summed E-state index contributed by atoms with van der Waals surface area (Å²) in [4.78, 5) is 12.3. The molecule has 170 valence electrons. The molecule has 33 heavy (non-hydrogen) atoms. The van der Waals surface area contributed by atoms with Crippen molar-refractivity contribution in [3.8, 4) is 5.75 Å². The Morgan fingerprint density at radius 2 is 1.94 bits per heavy atom. The number of amides is 1. The smallest absolute Gasteiger partial charge is 0.234 e. The summed E-state index contributed by atoms with van der Waals surface area (Å²) in [5.41, 5.74) is 0.161. The highest BCUT2D eigenvalue weighted by molar-refractivity contribution is 7.99. The van der Waals surface area contributed by atoms with Crippen LogP contribution in [0.1, 0.15) is 11.6 Å². The number of thioether (sulfide) groups is 1. The summed E-state index contributed by atoms with van der Waals surface area (Å²) < 4.78 is 39.4. The van der Waals surface area contributed by atoms with E-state index in [1.54, 1.807) is 41.2 Å². The molecule has 0 spiro atoms. The minimum Gasteiger partial charge on any atom is -0.486 e. The number of rotatable bonds is 9. The van der Waals surface area contributed by atoms with E-state index in [-0.39, 0.29) is 18.0 Å². The van der Waals surface area contributed by atoms with E-state index in [1.807, 2.05) is 6.07 Å². The van der Waals surface area contributed by atoms with Crippen LogP contribution in [0.5, 0.6) is 5.75 Å². The molecule has 1 amide bonds. The van der Waals surface area contributed by atoms with Gasteiger partial charge in [-0.3, -0.25) is 9.36 Å². The molecule has 4 rings (SSSR count). The molecule has 0 aliphatic carbocycles. The summed E-state index contributed by atoms with van der Waals surface area (Å²) in [5.74, 6) is -0.622. The summed E-state index contributed by atoms with van der Waals surface area (Å²) in [5, 5.41) is 12.0. The molecule has 0 atom stereocenters. The molecular weight excluding hydrogens is 474 g/mol. The standard InChI is InChI=1S/C22H17ClF2N4O3S/c23-14-3-6-16(7-4-14)32-12-20-27-28-22(29(20)11-17-2-1-9-31-17)33-13-21(30)26-15-5-8-18(24)19(25)10-15/h1-10H,11-13H2,(H,26,30). The number of halogens is 3. The Hall–Kier alpha value is -3.37. The van der Waals surface area contributed by atoms with Crippen LogP contribution in [0.15, 0.2) is 70.4 Å². The Bertz CT molecular complexity index is 1230. The van der Waals surface area contributed by atoms with Gasteiger partial charge in [-0.1, -0.05) is 23.4 Å². The summed E-state index contributed by atoms with van der Waals surface area (Å²) in [6.45, 7) is 0.476. The van der Waals surface area contributed by atoms with Crippen LogP contribution in [0.2, 0.25) is 5.02 Å². The van der Waals surface area contributed by atoms with Crippen LogP contribution < -0.4 is 10.1 Å². The number of nitrogens with one attached hydrogen (secondary N) is 1. The van der Waals surface area contributed by atoms with Crippen molar-refractivity contribution in [2.75, 3.05) is 11.1 Å². The highest BCUT2D eigenvalue weighted by atomic mass is 35.5. The van der Waals surface area contributed by atoms with Crippen LogP contribution in [-0.2, 0) is 17.9 Å². The Labute approximate surface area is 196 Å². The maximum Gasteiger partial charge on any atom is 0.234 e. The maximum absolute atomic E-state index is 13.4. The molecule has 1 N–H and O–H groups in total. The molecule has 0 bridgehead atoms. The molecular formula is C22H17ClF2N4O3S. The molecule has 2 heterocycles. The number of benzene rings is 2. The SMILES string of the molecule is O=C(CSc1nnc(COc2ccc(Cl)cc2)n1Cc1ccco1)Nc1ccc(F)c(F)c1. The van der Waals surface area contributed by atoms with Crippen molar-refractivity contribution in [3.63, 3.8) is 0 Å². The molecule has 0 aliphatic rings. The van der Waals surface area contributed by atoms with Crippen LogP contribution in [0.25, 0.3) is 0 Å². The van der Waals surface area contributed by atoms with Gasteiger partial charge in [-0.05, 0) is 48.5 Å². The molecule has 0 saturated carbocycles. The first-order valence-corrected chi connectivity index (χ1v) is 11.0. The molecule has 4 aromatic rings. The Morgan fingerprint density at radius 3 is 2.67 bits per heavy atom. The van der Waals surface area contributed by atoms with Gasteiger partial charge in [0.25, 0.3) is 0 Å². The van der Waals surface area contributed by atoms with Gasteiger partial charge in [0, 0.05) is 16.8 Å². The number of nitrogens with zero attached hydrogens (tertiary/aromatic N) is 3. The summed E-state index contributed by atoms with van der Waals surface area (Å²) in [6, 6.07) is 13.7. The van der Waals surface area contributed by atoms with Crippen LogP contribution in [-0.4, -0.2) is 26.4 Å². The van der Waals surface area contributed by atoms with Crippen molar-refractivity contribution in [1.29, 1.82) is 0 Å². The van der Waals surface area contributed by atoms with E-state index in [9.17, 15) is 13.6 Å². The second kappa shape index (κ2) is 10.5. The van der Waals surface area contributed by atoms with Crippen LogP contribution >= 0.6 is 23.4 Å². The molecule has 0 unspecified atom stereocenters. The van der Waals surface area contributed by atoms with Crippen molar-refractivity contribution in [2.45, 2.75) is 18.3 Å². The lowest BCUT2D eigenvalue weighted by Crippen LogP contribution is -2.15. The number of anilines is 1. The third kappa shape index (κ3) is 6.11. The van der Waals surface area contributed by atoms with Gasteiger partial charge in [0.15, 0.2) is 22.6 Å². The van der Waals surface area contributed by atoms with Crippen LogP contribution in [0.3, 0.4) is 0 Å². The summed E-state index contributed by atoms with van der Waals surface area (Å²) in [6.07, 6.45) is 1.56. The van der Waals surface area contributed by atoms with E-state index < -0.39 is 17.5 Å². The number of furan rings is 1. The number of aromatic nitrogens is 3. The molecule has 0 saturated heterocycles. The summed E-state index contributed by atoms with van der Waals surface area (Å²) in [7, 11) is 0. The molecule has 11 heteroatoms. The van der Waals surface area contributed by atoms with Gasteiger partial charge in [-0.2, -0.15) is 0 Å². The minimum atomic E-state index is -1.04. The molecule has 7 nitrogen and oxygen atoms in total. The van der Waals surface area contributed by atoms with E-state index >= 15 is 0 Å². The molecule has 0 radical (unpaired) electrons. The second-order valence-electron chi connectivity index (χ2n) is 6.77. The lowest BCUT2D eigenvalue weighted by atomic mass is 10.3. The average Bonchev–Trinajstić information content (AvgIpc) is 3.45. The van der Waals surface area contributed by atoms with Crippen molar-refractivity contribution in [3.05, 3.63) is 89.1 Å². The van der Waals surface area contributed by atoms with E-state index in [0.29, 0.717) is 34.1 Å². The molecule has 2 aromatic heterocycles. The third-order valence-corrected chi connectivity index (χ3v) is 5.62. The molecule has 2 aromatic carbocycles. The zero-order chi connectivity index (χ0) is 23.2. The Balaban J connectivity index is 1.44. The van der Waals surface area contributed by atoms with Crippen molar-refractivity contribution >= 4 is 35.0 Å². The first kappa shape index (κ1) is 22.8. The Kier molecular flexibility index (Phi) is 7.26. The number of hydrogen-bond acceptors (Lipinski definition) is 6. The zero-order valence-corrected chi connectivity index (χ0v) is 18.6. The first-order chi connectivity index (χ1) is 16.0. The average molecular weight is 491 g/mol. The highest BCUT2D eigenvalue weighted by Crippen LogP contribution is 2.22. The van der Waals surface area contributed by atoms with E-state index in [1.165, 1.54) is 6.07 Å². The lowest BCUT2D eigenvalue weighted by molar-refractivity contribution is -0.113. The van der Waals surface area contributed by atoms with Gasteiger partial charge < -0.3 is 14.5 Å². The fraction of sp³-hybridized carbons (Fsp3) is 0.136. The quantitative estimate of drug-likeness (QED) is 0.326. The van der Waals surface area contributed by atoms with Crippen molar-refractivity contribution in [2.24, 2.45) is 0 Å². The van der Waals surface area contributed by atoms with E-state index in [2.05, 4.69) is 15.5 Å². The number of carbonyl (C=O) groups excluding carboxylic acids is 1. The minimum absolute atomic E-state index is 0.0205. The normalized spacial score (nSPS) is 10.9. The zero-order valence-electron chi connectivity index (χ0n) is 17.0. The maximum atomic E-state index is 13.4. The van der Waals surface area contributed by atoms with Gasteiger partial charge in [0.2, 0.25) is 5.91 Å². The lowest BCUT2D eigenvalue weighted by Gasteiger charge is -2.10. The number of hydrogen-bond donors (Lipinski definition) is 1. The van der Waals surface area contributed by atoms with E-state index in [4.69, 9.17) is 20.8 Å². The van der Waals surface area contributed by atoms with Crippen LogP contribution in [0, 0.1) is 11.6 Å². The fourth-order valence-corrected chi connectivity index (χ4v) is 3.71. The summed E-state index contributed by atoms with van der Waals surface area (Å²) >= 11 is 7.04. The molecule has 0 aliphatic heterocycles. The van der Waals surface area contributed by atoms with Crippen molar-refractivity contribution < 1.29 is 22.7 Å². The third-order valence-electron chi connectivity index (χ3n) is 4.40. The number of carbonyl (C=O) groups is 1.